The molecule has 2 atom stereocenters. The van der Waals surface area contributed by atoms with Gasteiger partial charge in [-0.3, -0.25) is 0 Å². The van der Waals surface area contributed by atoms with Gasteiger partial charge >= 0.3 is 6.09 Å². The highest BCUT2D eigenvalue weighted by molar-refractivity contribution is 7.89. The molecule has 1 aliphatic carbocycles. The summed E-state index contributed by atoms with van der Waals surface area (Å²) in [5, 5.41) is 14.4. The van der Waals surface area contributed by atoms with Gasteiger partial charge < -0.3 is 19.9 Å². The lowest BCUT2D eigenvalue weighted by Gasteiger charge is -2.33. The minimum absolute atomic E-state index is 0.0428. The second-order valence-electron chi connectivity index (χ2n) is 10.1. The predicted octanol–water partition coefficient (Wildman–Crippen LogP) is 3.88. The van der Waals surface area contributed by atoms with Gasteiger partial charge in [-0.1, -0.05) is 30.3 Å². The van der Waals surface area contributed by atoms with Crippen LogP contribution in [0.3, 0.4) is 0 Å². The molecule has 0 heterocycles. The number of nitrogens with one attached hydrogen (secondary N) is 1. The Bertz CT molecular complexity index is 1180. The average molecular weight is 532 g/mol. The summed E-state index contributed by atoms with van der Waals surface area (Å²) < 4.78 is 38.3. The number of aliphatic hydroxyl groups excluding tert-OH is 1. The Labute approximate surface area is 219 Å². The predicted molar refractivity (Wildman–Crippen MR) is 141 cm³/mol. The second-order valence-corrected chi connectivity index (χ2v) is 11.9. The molecule has 3 rings (SSSR count). The molecule has 1 amide bonds. The van der Waals surface area contributed by atoms with Gasteiger partial charge in [0.05, 0.1) is 23.7 Å². The van der Waals surface area contributed by atoms with Crippen LogP contribution in [0.5, 0.6) is 5.75 Å². The van der Waals surface area contributed by atoms with Crippen LogP contribution in [0.1, 0.15) is 52.0 Å². The SMILES string of the molecule is COc1ccc(S(=O)(=O)N(N)C(=C2CCCC2)[C@H](O)[C@H](Cc2ccccc2)NC(=O)OC(C)(C)C)cc1. The molecule has 0 unspecified atom stereocenters. The molecule has 0 aliphatic heterocycles. The Balaban J connectivity index is 2.00. The lowest BCUT2D eigenvalue weighted by Crippen LogP contribution is -2.52. The lowest BCUT2D eigenvalue weighted by atomic mass is 9.96. The van der Waals surface area contributed by atoms with E-state index in [0.29, 0.717) is 23.0 Å². The van der Waals surface area contributed by atoms with Gasteiger partial charge in [0.25, 0.3) is 10.0 Å². The maximum Gasteiger partial charge on any atom is 0.407 e. The number of rotatable bonds is 9. The first kappa shape index (κ1) is 28.5. The zero-order valence-corrected chi connectivity index (χ0v) is 22.6. The molecule has 10 heteroatoms. The van der Waals surface area contributed by atoms with E-state index in [4.69, 9.17) is 15.3 Å². The van der Waals surface area contributed by atoms with E-state index in [0.717, 1.165) is 24.0 Å². The van der Waals surface area contributed by atoms with E-state index in [1.807, 2.05) is 30.3 Å². The van der Waals surface area contributed by atoms with Crippen LogP contribution in [0.15, 0.2) is 70.8 Å². The van der Waals surface area contributed by atoms with Gasteiger partial charge in [0, 0.05) is 0 Å². The summed E-state index contributed by atoms with van der Waals surface area (Å²) in [4.78, 5) is 12.7. The smallest absolute Gasteiger partial charge is 0.407 e. The van der Waals surface area contributed by atoms with Crippen molar-refractivity contribution in [3.05, 3.63) is 71.4 Å². The molecule has 1 saturated carbocycles. The van der Waals surface area contributed by atoms with E-state index in [-0.39, 0.29) is 17.0 Å². The van der Waals surface area contributed by atoms with Gasteiger partial charge in [-0.15, -0.1) is 0 Å². The Morgan fingerprint density at radius 1 is 1.08 bits per heavy atom. The summed E-state index contributed by atoms with van der Waals surface area (Å²) in [6.45, 7) is 5.22. The number of nitrogens with two attached hydrogens (primary N) is 1. The molecule has 4 N–H and O–H groups in total. The third-order valence-corrected chi connectivity index (χ3v) is 7.67. The number of allylic oxidation sites excluding steroid dienone is 1. The number of carbonyl (C=O) groups is 1. The summed E-state index contributed by atoms with van der Waals surface area (Å²) in [5.41, 5.74) is 0.915. The fourth-order valence-electron chi connectivity index (χ4n) is 4.30. The van der Waals surface area contributed by atoms with Crippen molar-refractivity contribution >= 4 is 16.1 Å². The number of ether oxygens (including phenoxy) is 2. The summed E-state index contributed by atoms with van der Waals surface area (Å²) in [6.07, 6.45) is 0.999. The van der Waals surface area contributed by atoms with Crippen LogP contribution in [-0.4, -0.2) is 48.9 Å². The number of aliphatic hydroxyl groups is 1. The van der Waals surface area contributed by atoms with E-state index in [2.05, 4.69) is 5.32 Å². The maximum atomic E-state index is 13.5. The minimum atomic E-state index is -4.22. The number of benzene rings is 2. The third kappa shape index (κ3) is 7.47. The van der Waals surface area contributed by atoms with Crippen molar-refractivity contribution in [2.45, 2.75) is 75.5 Å². The Kier molecular flexibility index (Phi) is 9.22. The molecule has 1 fully saturated rings. The monoisotopic (exact) mass is 531 g/mol. The lowest BCUT2D eigenvalue weighted by molar-refractivity contribution is 0.0437. The first-order valence-electron chi connectivity index (χ1n) is 12.3. The van der Waals surface area contributed by atoms with Crippen LogP contribution in [0, 0.1) is 0 Å². The highest BCUT2D eigenvalue weighted by atomic mass is 32.2. The summed E-state index contributed by atoms with van der Waals surface area (Å²) in [7, 11) is -2.73. The average Bonchev–Trinajstić information content (AvgIpc) is 3.37. The fraction of sp³-hybridized carbons (Fsp3) is 0.444. The van der Waals surface area contributed by atoms with Crippen LogP contribution in [0.4, 0.5) is 4.79 Å². The number of hydrogen-bond acceptors (Lipinski definition) is 7. The number of carbonyl (C=O) groups excluding carboxylic acids is 1. The van der Waals surface area contributed by atoms with E-state index in [1.54, 1.807) is 20.8 Å². The largest absolute Gasteiger partial charge is 0.497 e. The molecular weight excluding hydrogens is 494 g/mol. The first-order chi connectivity index (χ1) is 17.4. The number of hydrazine groups is 1. The summed E-state index contributed by atoms with van der Waals surface area (Å²) >= 11 is 0. The standard InChI is InChI=1S/C27H37N3O6S/c1-27(2,3)36-26(32)29-23(18-19-10-6-5-7-11-19)25(31)24(20-12-8-9-13-20)30(28)37(33,34)22-16-14-21(35-4)15-17-22/h5-7,10-11,14-17,23,25,31H,8-9,12-13,18,28H2,1-4H3,(H,29,32)/t23-,25+/m0/s1. The fourth-order valence-corrected chi connectivity index (χ4v) is 5.51. The van der Waals surface area contributed by atoms with E-state index in [9.17, 15) is 18.3 Å². The molecule has 2 aromatic carbocycles. The minimum Gasteiger partial charge on any atom is -0.497 e. The third-order valence-electron chi connectivity index (χ3n) is 6.08. The molecule has 0 aromatic heterocycles. The number of nitrogens with zero attached hydrogens (tertiary/aromatic N) is 1. The Hall–Kier alpha value is -3.08. The van der Waals surface area contributed by atoms with Gasteiger partial charge in [-0.25, -0.2) is 15.1 Å². The highest BCUT2D eigenvalue weighted by Crippen LogP contribution is 2.33. The molecule has 37 heavy (non-hydrogen) atoms. The Morgan fingerprint density at radius 2 is 1.68 bits per heavy atom. The molecular formula is C27H37N3O6S. The van der Waals surface area contributed by atoms with Crippen molar-refractivity contribution in [2.24, 2.45) is 5.84 Å². The topological polar surface area (TPSA) is 131 Å². The summed E-state index contributed by atoms with van der Waals surface area (Å²) in [5.74, 6) is 6.80. The van der Waals surface area contributed by atoms with Crippen LogP contribution in [-0.2, 0) is 21.2 Å². The number of methoxy groups -OCH3 is 1. The van der Waals surface area contributed by atoms with Gasteiger partial charge in [-0.05, 0) is 88.3 Å². The van der Waals surface area contributed by atoms with Gasteiger partial charge in [-0.2, -0.15) is 8.42 Å². The van der Waals surface area contributed by atoms with Gasteiger partial charge in [0.15, 0.2) is 0 Å². The zero-order chi connectivity index (χ0) is 27.2. The van der Waals surface area contributed by atoms with Crippen LogP contribution in [0.25, 0.3) is 0 Å². The second kappa shape index (κ2) is 12.0. The van der Waals surface area contributed by atoms with Crippen molar-refractivity contribution in [3.63, 3.8) is 0 Å². The molecule has 202 valence electrons. The quantitative estimate of drug-likeness (QED) is 0.330. The molecule has 9 nitrogen and oxygen atoms in total. The van der Waals surface area contributed by atoms with Crippen molar-refractivity contribution in [2.75, 3.05) is 7.11 Å². The van der Waals surface area contributed by atoms with Crippen molar-refractivity contribution in [3.8, 4) is 5.75 Å². The molecule has 0 radical (unpaired) electrons. The van der Waals surface area contributed by atoms with Crippen molar-refractivity contribution in [1.82, 2.24) is 9.73 Å². The molecule has 2 aromatic rings. The van der Waals surface area contributed by atoms with Gasteiger partial charge in [0.2, 0.25) is 0 Å². The number of sulfonamides is 1. The Morgan fingerprint density at radius 3 is 2.22 bits per heavy atom. The molecule has 0 spiro atoms. The van der Waals surface area contributed by atoms with Crippen molar-refractivity contribution in [1.29, 1.82) is 0 Å². The van der Waals surface area contributed by atoms with Crippen LogP contribution >= 0.6 is 0 Å². The van der Waals surface area contributed by atoms with Crippen molar-refractivity contribution < 1.29 is 27.8 Å². The zero-order valence-electron chi connectivity index (χ0n) is 21.8. The van der Waals surface area contributed by atoms with E-state index in [1.165, 1.54) is 31.4 Å². The first-order valence-corrected chi connectivity index (χ1v) is 13.7. The summed E-state index contributed by atoms with van der Waals surface area (Å²) in [6, 6.07) is 14.3. The van der Waals surface area contributed by atoms with Crippen LogP contribution < -0.4 is 15.9 Å². The number of hydrogen-bond donors (Lipinski definition) is 3. The molecule has 0 saturated heterocycles. The maximum absolute atomic E-state index is 13.5. The molecule has 0 bridgehead atoms. The van der Waals surface area contributed by atoms with Crippen LogP contribution in [0.2, 0.25) is 0 Å². The number of amides is 1. The highest BCUT2D eigenvalue weighted by Gasteiger charge is 2.36. The van der Waals surface area contributed by atoms with E-state index < -0.39 is 33.9 Å². The van der Waals surface area contributed by atoms with Gasteiger partial charge in [0.1, 0.15) is 17.5 Å². The van der Waals surface area contributed by atoms with E-state index >= 15 is 0 Å². The normalized spacial score (nSPS) is 15.6. The number of alkyl carbamates (subject to hydrolysis) is 1. The molecule has 1 aliphatic rings.